The van der Waals surface area contributed by atoms with Crippen LogP contribution in [0.25, 0.3) is 27.8 Å². The highest BCUT2D eigenvalue weighted by Gasteiger charge is 2.39. The van der Waals surface area contributed by atoms with Gasteiger partial charge in [0.15, 0.2) is 17.3 Å². The number of aromatic nitrogens is 5. The first kappa shape index (κ1) is 22.7. The number of ether oxygens (including phenoxy) is 1. The molecule has 4 aromatic heterocycles. The minimum absolute atomic E-state index is 0.00148. The highest BCUT2D eigenvalue weighted by atomic mass is 19.3. The molecule has 0 bridgehead atoms. The van der Waals surface area contributed by atoms with Gasteiger partial charge in [0.25, 0.3) is 6.43 Å². The number of nitrogens with zero attached hydrogens (tertiary/aromatic N) is 6. The van der Waals surface area contributed by atoms with Crippen LogP contribution in [0.3, 0.4) is 0 Å². The van der Waals surface area contributed by atoms with Crippen molar-refractivity contribution in [2.24, 2.45) is 11.8 Å². The molecule has 186 valence electrons. The Bertz CT molecular complexity index is 1490. The molecule has 6 rings (SSSR count). The summed E-state index contributed by atoms with van der Waals surface area (Å²) in [4.78, 5) is 26.8. The third-order valence-electron chi connectivity index (χ3n) is 6.70. The molecule has 2 fully saturated rings. The zero-order chi connectivity index (χ0) is 25.0. The van der Waals surface area contributed by atoms with Crippen LogP contribution in [-0.4, -0.2) is 56.8 Å². The predicted octanol–water partition coefficient (Wildman–Crippen LogP) is 3.85. The van der Waals surface area contributed by atoms with Crippen molar-refractivity contribution >= 4 is 33.8 Å². The number of morpholine rings is 1. The summed E-state index contributed by atoms with van der Waals surface area (Å²) in [6, 6.07) is 2.90. The molecule has 1 saturated heterocycles. The smallest absolute Gasteiger partial charge is 0.281 e. The third kappa shape index (κ3) is 4.00. The van der Waals surface area contributed by atoms with Gasteiger partial charge in [-0.05, 0) is 18.4 Å². The van der Waals surface area contributed by atoms with Crippen LogP contribution in [0.1, 0.15) is 25.5 Å². The van der Waals surface area contributed by atoms with Crippen molar-refractivity contribution in [3.63, 3.8) is 0 Å². The zero-order valence-electron chi connectivity index (χ0n) is 19.3. The molecule has 0 aromatic carbocycles. The fourth-order valence-electron chi connectivity index (χ4n) is 4.52. The first-order valence-electron chi connectivity index (χ1n) is 11.7. The number of amides is 1. The van der Waals surface area contributed by atoms with Crippen LogP contribution in [0, 0.1) is 17.7 Å². The summed E-state index contributed by atoms with van der Waals surface area (Å²) in [7, 11) is 0. The highest BCUT2D eigenvalue weighted by Crippen LogP contribution is 2.39. The third-order valence-corrected chi connectivity index (χ3v) is 6.70. The van der Waals surface area contributed by atoms with E-state index in [4.69, 9.17) is 4.74 Å². The number of carbonyl (C=O) groups excluding carboxylic acids is 1. The fourth-order valence-corrected chi connectivity index (χ4v) is 4.52. The summed E-state index contributed by atoms with van der Waals surface area (Å²) in [6.45, 7) is 4.32. The van der Waals surface area contributed by atoms with E-state index < -0.39 is 17.9 Å². The van der Waals surface area contributed by atoms with E-state index in [9.17, 15) is 18.0 Å². The number of hydrogen-bond acceptors (Lipinski definition) is 7. The van der Waals surface area contributed by atoms with Gasteiger partial charge in [0.05, 0.1) is 25.1 Å². The maximum Gasteiger partial charge on any atom is 0.281 e. The second-order valence-corrected chi connectivity index (χ2v) is 9.13. The molecule has 9 nitrogen and oxygen atoms in total. The number of halogens is 3. The van der Waals surface area contributed by atoms with Gasteiger partial charge < -0.3 is 15.0 Å². The number of anilines is 2. The Balaban J connectivity index is 1.44. The molecule has 1 aliphatic heterocycles. The predicted molar refractivity (Wildman–Crippen MR) is 125 cm³/mol. The second kappa shape index (κ2) is 8.70. The SMILES string of the molecule is C[C@@H]1C[C@@H]1C(=O)Nc1cc2c(-c3nc4c(F)cc(N5CCOCC5)cn4n3)cnc(C(F)F)c2cn1. The molecule has 36 heavy (non-hydrogen) atoms. The Hall–Kier alpha value is -3.80. The second-order valence-electron chi connectivity index (χ2n) is 9.13. The minimum Gasteiger partial charge on any atom is -0.378 e. The van der Waals surface area contributed by atoms with Crippen molar-refractivity contribution < 1.29 is 22.7 Å². The Labute approximate surface area is 203 Å². The van der Waals surface area contributed by atoms with Crippen LogP contribution in [0.15, 0.2) is 30.7 Å². The van der Waals surface area contributed by atoms with E-state index in [0.717, 1.165) is 6.42 Å². The molecule has 0 spiro atoms. The van der Waals surface area contributed by atoms with Gasteiger partial charge >= 0.3 is 0 Å². The van der Waals surface area contributed by atoms with Gasteiger partial charge in [-0.1, -0.05) is 6.92 Å². The number of hydrogen-bond donors (Lipinski definition) is 1. The van der Waals surface area contributed by atoms with E-state index in [1.54, 1.807) is 6.20 Å². The summed E-state index contributed by atoms with van der Waals surface area (Å²) in [5, 5.41) is 7.63. The molecule has 2 aliphatic rings. The first-order valence-corrected chi connectivity index (χ1v) is 11.7. The van der Waals surface area contributed by atoms with Crippen molar-refractivity contribution in [2.45, 2.75) is 19.8 Å². The molecule has 1 amide bonds. The van der Waals surface area contributed by atoms with Crippen LogP contribution in [0.2, 0.25) is 0 Å². The Morgan fingerprint density at radius 2 is 1.94 bits per heavy atom. The van der Waals surface area contributed by atoms with Crippen LogP contribution in [0.5, 0.6) is 0 Å². The minimum atomic E-state index is -2.83. The number of nitrogens with one attached hydrogen (secondary N) is 1. The van der Waals surface area contributed by atoms with Crippen LogP contribution in [0.4, 0.5) is 24.7 Å². The van der Waals surface area contributed by atoms with Gasteiger partial charge in [0.2, 0.25) is 5.91 Å². The van der Waals surface area contributed by atoms with Crippen LogP contribution in [-0.2, 0) is 9.53 Å². The van der Waals surface area contributed by atoms with Gasteiger partial charge in [0.1, 0.15) is 11.5 Å². The molecular formula is C24H22F3N7O2. The molecule has 0 unspecified atom stereocenters. The molecule has 0 radical (unpaired) electrons. The lowest BCUT2D eigenvalue weighted by Crippen LogP contribution is -2.36. The Kier molecular flexibility index (Phi) is 5.47. The van der Waals surface area contributed by atoms with Gasteiger partial charge in [-0.25, -0.2) is 27.7 Å². The molecule has 1 saturated carbocycles. The van der Waals surface area contributed by atoms with Crippen LogP contribution < -0.4 is 10.2 Å². The quantitative estimate of drug-likeness (QED) is 0.447. The maximum absolute atomic E-state index is 15.0. The average Bonchev–Trinajstić information content (AvgIpc) is 3.45. The highest BCUT2D eigenvalue weighted by molar-refractivity contribution is 6.00. The van der Waals surface area contributed by atoms with E-state index in [1.807, 2.05) is 11.8 Å². The monoisotopic (exact) mass is 497 g/mol. The molecular weight excluding hydrogens is 475 g/mol. The molecule has 5 heterocycles. The zero-order valence-corrected chi connectivity index (χ0v) is 19.3. The van der Waals surface area contributed by atoms with E-state index in [-0.39, 0.29) is 34.5 Å². The number of fused-ring (bicyclic) bond motifs is 2. The lowest BCUT2D eigenvalue weighted by molar-refractivity contribution is -0.117. The summed E-state index contributed by atoms with van der Waals surface area (Å²) in [6.07, 6.45) is 2.14. The summed E-state index contributed by atoms with van der Waals surface area (Å²) >= 11 is 0. The van der Waals surface area contributed by atoms with Gasteiger partial charge in [-0.3, -0.25) is 9.78 Å². The van der Waals surface area contributed by atoms with Crippen molar-refractivity contribution in [1.29, 1.82) is 0 Å². The van der Waals surface area contributed by atoms with Crippen molar-refractivity contribution in [3.8, 4) is 11.4 Å². The lowest BCUT2D eigenvalue weighted by Gasteiger charge is -2.28. The van der Waals surface area contributed by atoms with E-state index >= 15 is 0 Å². The summed E-state index contributed by atoms with van der Waals surface area (Å²) in [5.74, 6) is -0.167. The number of rotatable bonds is 5. The Morgan fingerprint density at radius 1 is 1.17 bits per heavy atom. The van der Waals surface area contributed by atoms with Crippen molar-refractivity contribution in [3.05, 3.63) is 42.2 Å². The van der Waals surface area contributed by atoms with Crippen molar-refractivity contribution in [2.75, 3.05) is 36.5 Å². The molecule has 1 N–H and O–H groups in total. The molecule has 12 heteroatoms. The first-order chi connectivity index (χ1) is 17.4. The maximum atomic E-state index is 15.0. The average molecular weight is 497 g/mol. The van der Waals surface area contributed by atoms with Gasteiger partial charge in [-0.15, -0.1) is 5.10 Å². The van der Waals surface area contributed by atoms with Crippen molar-refractivity contribution in [1.82, 2.24) is 24.6 Å². The largest absolute Gasteiger partial charge is 0.378 e. The van der Waals surface area contributed by atoms with Crippen LogP contribution >= 0.6 is 0 Å². The van der Waals surface area contributed by atoms with Gasteiger partial charge in [0, 0.05) is 53.8 Å². The normalized spacial score (nSPS) is 19.9. The molecule has 2 atom stereocenters. The molecule has 4 aromatic rings. The fraction of sp³-hybridized carbons (Fsp3) is 0.375. The number of carbonyl (C=O) groups is 1. The van der Waals surface area contributed by atoms with E-state index in [1.165, 1.54) is 29.0 Å². The summed E-state index contributed by atoms with van der Waals surface area (Å²) in [5.41, 5.74) is 0.514. The topological polar surface area (TPSA) is 97.5 Å². The van der Waals surface area contributed by atoms with E-state index in [2.05, 4.69) is 25.4 Å². The number of pyridine rings is 3. The Morgan fingerprint density at radius 3 is 2.67 bits per heavy atom. The van der Waals surface area contributed by atoms with Gasteiger partial charge in [-0.2, -0.15) is 0 Å². The molecule has 1 aliphatic carbocycles. The standard InChI is InChI=1S/C24H22F3N7O2/c1-12-6-14(12)24(35)30-19-8-15-16(9-28-19)20(21(26)27)29-10-17(15)22-31-23-18(25)7-13(11-34(23)32-22)33-2-4-36-5-3-33/h7-12,14,21H,2-6H2,1H3,(H,28,30,35)/t12-,14+/m1/s1. The number of alkyl halides is 2. The van der Waals surface area contributed by atoms with E-state index in [0.29, 0.717) is 48.9 Å². The summed E-state index contributed by atoms with van der Waals surface area (Å²) < 4.78 is 49.0. The lowest BCUT2D eigenvalue weighted by atomic mass is 10.1.